The average Bonchev–Trinajstić information content (AvgIpc) is 3.13. The van der Waals surface area contributed by atoms with Gasteiger partial charge in [0.25, 0.3) is 5.91 Å². The molecule has 1 amide bonds. The molecule has 0 atom stereocenters. The van der Waals surface area contributed by atoms with E-state index in [1.165, 1.54) is 19.2 Å². The Morgan fingerprint density at radius 2 is 1.88 bits per heavy atom. The first-order valence-corrected chi connectivity index (χ1v) is 9.90. The predicted molar refractivity (Wildman–Crippen MR) is 92.8 cm³/mol. The predicted octanol–water partition coefficient (Wildman–Crippen LogP) is 2.40. The second kappa shape index (κ2) is 7.98. The molecule has 2 rings (SSSR count). The molecule has 0 radical (unpaired) electrons. The van der Waals surface area contributed by atoms with Gasteiger partial charge in [-0.15, -0.1) is 0 Å². The lowest BCUT2D eigenvalue weighted by Crippen LogP contribution is -2.34. The van der Waals surface area contributed by atoms with Crippen LogP contribution in [0.4, 0.5) is 0 Å². The monoisotopic (exact) mass is 354 g/mol. The molecule has 6 nitrogen and oxygen atoms in total. The van der Waals surface area contributed by atoms with Crippen molar-refractivity contribution in [3.8, 4) is 5.75 Å². The Balaban J connectivity index is 2.35. The van der Waals surface area contributed by atoms with Crippen LogP contribution in [0.2, 0.25) is 0 Å². The highest BCUT2D eigenvalue weighted by molar-refractivity contribution is 7.89. The van der Waals surface area contributed by atoms with E-state index < -0.39 is 10.0 Å². The van der Waals surface area contributed by atoms with Crippen molar-refractivity contribution in [3.05, 3.63) is 23.8 Å². The topological polar surface area (TPSA) is 75.7 Å². The van der Waals surface area contributed by atoms with Crippen molar-refractivity contribution in [1.82, 2.24) is 9.62 Å². The van der Waals surface area contributed by atoms with Crippen molar-refractivity contribution in [3.63, 3.8) is 0 Å². The van der Waals surface area contributed by atoms with Crippen LogP contribution in [0, 0.1) is 0 Å². The lowest BCUT2D eigenvalue weighted by molar-refractivity contribution is 0.0789. The van der Waals surface area contributed by atoms with Crippen LogP contribution in [0.1, 0.15) is 49.9 Å². The Labute approximate surface area is 144 Å². The fourth-order valence-electron chi connectivity index (χ4n) is 2.85. The Morgan fingerprint density at radius 3 is 2.42 bits per heavy atom. The highest BCUT2D eigenvalue weighted by Crippen LogP contribution is 2.25. The first-order valence-electron chi connectivity index (χ1n) is 8.42. The molecular formula is C17H26N2O4S. The minimum atomic E-state index is -3.66. The summed E-state index contributed by atoms with van der Waals surface area (Å²) in [6.07, 6.45) is 3.38. The lowest BCUT2D eigenvalue weighted by atomic mass is 10.1. The number of ether oxygens (including phenoxy) is 1. The molecule has 0 spiro atoms. The smallest absolute Gasteiger partial charge is 0.257 e. The number of hydrogen-bond acceptors (Lipinski definition) is 4. The summed E-state index contributed by atoms with van der Waals surface area (Å²) >= 11 is 0. The van der Waals surface area contributed by atoms with Crippen LogP contribution in [0.5, 0.6) is 5.75 Å². The van der Waals surface area contributed by atoms with E-state index in [0.717, 1.165) is 12.8 Å². The number of nitrogens with one attached hydrogen (secondary N) is 1. The Kier molecular flexibility index (Phi) is 6.23. The number of amides is 1. The van der Waals surface area contributed by atoms with Crippen LogP contribution in [-0.4, -0.2) is 45.5 Å². The summed E-state index contributed by atoms with van der Waals surface area (Å²) in [6, 6.07) is 4.33. The summed E-state index contributed by atoms with van der Waals surface area (Å²) in [6.45, 7) is 5.27. The Morgan fingerprint density at radius 1 is 1.25 bits per heavy atom. The van der Waals surface area contributed by atoms with Crippen molar-refractivity contribution in [2.24, 2.45) is 0 Å². The molecule has 1 heterocycles. The summed E-state index contributed by atoms with van der Waals surface area (Å²) in [7, 11) is -2.19. The SMILES string of the molecule is CCC(CC)NS(=O)(=O)c1ccc(OC)c(C(=O)N2CCCC2)c1. The number of rotatable bonds is 7. The fraction of sp³-hybridized carbons (Fsp3) is 0.588. The largest absolute Gasteiger partial charge is 0.496 e. The van der Waals surface area contributed by atoms with E-state index >= 15 is 0 Å². The van der Waals surface area contributed by atoms with Crippen LogP contribution in [0.3, 0.4) is 0 Å². The molecule has 134 valence electrons. The van der Waals surface area contributed by atoms with E-state index in [1.807, 2.05) is 13.8 Å². The minimum Gasteiger partial charge on any atom is -0.496 e. The molecule has 0 unspecified atom stereocenters. The number of benzene rings is 1. The maximum atomic E-state index is 12.7. The van der Waals surface area contributed by atoms with Crippen molar-refractivity contribution in [2.45, 2.75) is 50.5 Å². The third-order valence-corrected chi connectivity index (χ3v) is 5.93. The molecule has 1 saturated heterocycles. The van der Waals surface area contributed by atoms with Crippen LogP contribution < -0.4 is 9.46 Å². The standard InChI is InChI=1S/C17H26N2O4S/c1-4-13(5-2)18-24(21,22)14-8-9-16(23-3)15(12-14)17(20)19-10-6-7-11-19/h8-9,12-13,18H,4-7,10-11H2,1-3H3. The van der Waals surface area contributed by atoms with Gasteiger partial charge in [-0.05, 0) is 43.9 Å². The van der Waals surface area contributed by atoms with Crippen LogP contribution in [0.25, 0.3) is 0 Å². The summed E-state index contributed by atoms with van der Waals surface area (Å²) in [4.78, 5) is 14.5. The molecule has 1 aliphatic rings. The Hall–Kier alpha value is -1.60. The summed E-state index contributed by atoms with van der Waals surface area (Å²) < 4.78 is 33.1. The van der Waals surface area contributed by atoms with Gasteiger partial charge >= 0.3 is 0 Å². The molecule has 1 aliphatic heterocycles. The Bertz CT molecular complexity index is 678. The summed E-state index contributed by atoms with van der Waals surface area (Å²) in [5, 5.41) is 0. The average molecular weight is 354 g/mol. The molecule has 1 aromatic carbocycles. The maximum absolute atomic E-state index is 12.7. The van der Waals surface area contributed by atoms with Crippen LogP contribution in [-0.2, 0) is 10.0 Å². The van der Waals surface area contributed by atoms with E-state index in [4.69, 9.17) is 4.74 Å². The van der Waals surface area contributed by atoms with Gasteiger partial charge in [0.2, 0.25) is 10.0 Å². The molecule has 0 aliphatic carbocycles. The van der Waals surface area contributed by atoms with E-state index in [2.05, 4.69) is 4.72 Å². The number of nitrogens with zero attached hydrogens (tertiary/aromatic N) is 1. The molecule has 0 aromatic heterocycles. The number of carbonyl (C=O) groups is 1. The van der Waals surface area contributed by atoms with Gasteiger partial charge in [0.1, 0.15) is 5.75 Å². The molecule has 0 bridgehead atoms. The second-order valence-electron chi connectivity index (χ2n) is 6.00. The first kappa shape index (κ1) is 18.7. The molecule has 1 N–H and O–H groups in total. The van der Waals surface area contributed by atoms with Crippen molar-refractivity contribution in [1.29, 1.82) is 0 Å². The van der Waals surface area contributed by atoms with E-state index in [-0.39, 0.29) is 16.8 Å². The van der Waals surface area contributed by atoms with Gasteiger partial charge in [-0.2, -0.15) is 0 Å². The zero-order chi connectivity index (χ0) is 17.7. The van der Waals surface area contributed by atoms with E-state index in [1.54, 1.807) is 11.0 Å². The maximum Gasteiger partial charge on any atom is 0.257 e. The molecular weight excluding hydrogens is 328 g/mol. The van der Waals surface area contributed by atoms with Gasteiger partial charge in [0.15, 0.2) is 0 Å². The van der Waals surface area contributed by atoms with Gasteiger partial charge in [-0.3, -0.25) is 4.79 Å². The zero-order valence-corrected chi connectivity index (χ0v) is 15.4. The zero-order valence-electron chi connectivity index (χ0n) is 14.5. The van der Waals surface area contributed by atoms with Gasteiger partial charge in [0, 0.05) is 19.1 Å². The van der Waals surface area contributed by atoms with Crippen molar-refractivity contribution in [2.75, 3.05) is 20.2 Å². The lowest BCUT2D eigenvalue weighted by Gasteiger charge is -2.19. The minimum absolute atomic E-state index is 0.0951. The second-order valence-corrected chi connectivity index (χ2v) is 7.71. The van der Waals surface area contributed by atoms with Crippen LogP contribution >= 0.6 is 0 Å². The number of likely N-dealkylation sites (tertiary alicyclic amines) is 1. The number of sulfonamides is 1. The summed E-state index contributed by atoms with van der Waals surface area (Å²) in [5.41, 5.74) is 0.298. The number of carbonyl (C=O) groups excluding carboxylic acids is 1. The fourth-order valence-corrected chi connectivity index (χ4v) is 4.28. The highest BCUT2D eigenvalue weighted by Gasteiger charge is 2.25. The van der Waals surface area contributed by atoms with E-state index in [9.17, 15) is 13.2 Å². The number of hydrogen-bond donors (Lipinski definition) is 1. The molecule has 0 saturated carbocycles. The quantitative estimate of drug-likeness (QED) is 0.816. The third-order valence-electron chi connectivity index (χ3n) is 4.41. The molecule has 24 heavy (non-hydrogen) atoms. The van der Waals surface area contributed by atoms with Crippen molar-refractivity contribution < 1.29 is 17.9 Å². The van der Waals surface area contributed by atoms with Gasteiger partial charge in [-0.1, -0.05) is 13.8 Å². The first-order chi connectivity index (χ1) is 11.4. The highest BCUT2D eigenvalue weighted by atomic mass is 32.2. The normalized spacial score (nSPS) is 15.1. The third kappa shape index (κ3) is 4.08. The molecule has 7 heteroatoms. The van der Waals surface area contributed by atoms with Gasteiger partial charge < -0.3 is 9.64 Å². The van der Waals surface area contributed by atoms with Gasteiger partial charge in [-0.25, -0.2) is 13.1 Å². The van der Waals surface area contributed by atoms with Crippen molar-refractivity contribution >= 4 is 15.9 Å². The molecule has 1 fully saturated rings. The summed E-state index contributed by atoms with van der Waals surface area (Å²) in [5.74, 6) is 0.220. The van der Waals surface area contributed by atoms with Gasteiger partial charge in [0.05, 0.1) is 17.6 Å². The molecule has 1 aromatic rings. The van der Waals surface area contributed by atoms with E-state index in [0.29, 0.717) is 37.2 Å². The van der Waals surface area contributed by atoms with Crippen LogP contribution in [0.15, 0.2) is 23.1 Å². The number of methoxy groups -OCH3 is 1.